The SMILES string of the molecule is CCCC(NN)c1ccc(Cl)cn1. The molecule has 1 rings (SSSR count). The van der Waals surface area contributed by atoms with Crippen molar-refractivity contribution in [2.24, 2.45) is 5.84 Å². The molecule has 0 bridgehead atoms. The van der Waals surface area contributed by atoms with Gasteiger partial charge in [-0.15, -0.1) is 0 Å². The van der Waals surface area contributed by atoms with E-state index in [-0.39, 0.29) is 6.04 Å². The molecule has 72 valence electrons. The summed E-state index contributed by atoms with van der Waals surface area (Å²) in [7, 11) is 0. The summed E-state index contributed by atoms with van der Waals surface area (Å²) in [5.74, 6) is 5.41. The Hall–Kier alpha value is -0.640. The van der Waals surface area contributed by atoms with E-state index in [0.29, 0.717) is 5.02 Å². The van der Waals surface area contributed by atoms with Gasteiger partial charge in [0.2, 0.25) is 0 Å². The molecule has 0 aliphatic rings. The predicted octanol–water partition coefficient (Wildman–Crippen LogP) is 2.04. The van der Waals surface area contributed by atoms with Crippen molar-refractivity contribution in [2.75, 3.05) is 0 Å². The molecule has 0 amide bonds. The van der Waals surface area contributed by atoms with Gasteiger partial charge in [-0.2, -0.15) is 0 Å². The molecule has 1 unspecified atom stereocenters. The second-order valence-corrected chi connectivity index (χ2v) is 3.35. The molecule has 0 fully saturated rings. The van der Waals surface area contributed by atoms with Gasteiger partial charge in [-0.05, 0) is 18.6 Å². The van der Waals surface area contributed by atoms with E-state index in [1.54, 1.807) is 6.20 Å². The summed E-state index contributed by atoms with van der Waals surface area (Å²) in [6, 6.07) is 3.84. The highest BCUT2D eigenvalue weighted by atomic mass is 35.5. The summed E-state index contributed by atoms with van der Waals surface area (Å²) < 4.78 is 0. The average molecular weight is 200 g/mol. The van der Waals surface area contributed by atoms with E-state index in [4.69, 9.17) is 17.4 Å². The second kappa shape index (κ2) is 5.17. The van der Waals surface area contributed by atoms with Crippen LogP contribution in [0.5, 0.6) is 0 Å². The molecule has 0 saturated heterocycles. The first-order valence-corrected chi connectivity index (χ1v) is 4.73. The molecule has 0 aliphatic carbocycles. The minimum Gasteiger partial charge on any atom is -0.271 e. The molecule has 4 heteroatoms. The molecular weight excluding hydrogens is 186 g/mol. The molecule has 3 nitrogen and oxygen atoms in total. The van der Waals surface area contributed by atoms with E-state index < -0.39 is 0 Å². The summed E-state index contributed by atoms with van der Waals surface area (Å²) in [6.07, 6.45) is 3.68. The zero-order chi connectivity index (χ0) is 9.68. The number of halogens is 1. The standard InChI is InChI=1S/C9H14ClN3/c1-2-3-9(13-11)8-5-4-7(10)6-12-8/h4-6,9,13H,2-3,11H2,1H3. The van der Waals surface area contributed by atoms with Crippen molar-refractivity contribution in [3.63, 3.8) is 0 Å². The van der Waals surface area contributed by atoms with Crippen LogP contribution in [0.4, 0.5) is 0 Å². The summed E-state index contributed by atoms with van der Waals surface area (Å²) in [4.78, 5) is 4.19. The zero-order valence-corrected chi connectivity index (χ0v) is 8.38. The second-order valence-electron chi connectivity index (χ2n) is 2.91. The Morgan fingerprint density at radius 2 is 2.38 bits per heavy atom. The molecule has 0 aliphatic heterocycles. The normalized spacial score (nSPS) is 12.8. The maximum Gasteiger partial charge on any atom is 0.0632 e. The van der Waals surface area contributed by atoms with Crippen LogP contribution < -0.4 is 11.3 Å². The fourth-order valence-corrected chi connectivity index (χ4v) is 1.31. The van der Waals surface area contributed by atoms with Crippen LogP contribution >= 0.6 is 11.6 Å². The number of pyridine rings is 1. The Bertz CT molecular complexity index is 248. The summed E-state index contributed by atoms with van der Waals surface area (Å²) in [5.41, 5.74) is 3.67. The number of rotatable bonds is 4. The summed E-state index contributed by atoms with van der Waals surface area (Å²) in [6.45, 7) is 2.11. The lowest BCUT2D eigenvalue weighted by molar-refractivity contribution is 0.499. The van der Waals surface area contributed by atoms with Crippen LogP contribution in [0.15, 0.2) is 18.3 Å². The maximum atomic E-state index is 5.72. The fraction of sp³-hybridized carbons (Fsp3) is 0.444. The molecule has 1 atom stereocenters. The molecule has 13 heavy (non-hydrogen) atoms. The average Bonchev–Trinajstić information content (AvgIpc) is 2.16. The lowest BCUT2D eigenvalue weighted by atomic mass is 10.1. The number of nitrogens with one attached hydrogen (secondary N) is 1. The molecule has 0 spiro atoms. The van der Waals surface area contributed by atoms with Crippen LogP contribution in [0.3, 0.4) is 0 Å². The Balaban J connectivity index is 2.73. The minimum atomic E-state index is 0.127. The van der Waals surface area contributed by atoms with Gasteiger partial charge in [0, 0.05) is 6.20 Å². The molecular formula is C9H14ClN3. The van der Waals surface area contributed by atoms with Crippen molar-refractivity contribution in [3.05, 3.63) is 29.0 Å². The Labute approximate surface area is 83.3 Å². The van der Waals surface area contributed by atoms with Crippen LogP contribution in [0, 0.1) is 0 Å². The van der Waals surface area contributed by atoms with Crippen LogP contribution in [-0.4, -0.2) is 4.98 Å². The first kappa shape index (κ1) is 10.4. The highest BCUT2D eigenvalue weighted by Crippen LogP contribution is 2.16. The largest absolute Gasteiger partial charge is 0.271 e. The van der Waals surface area contributed by atoms with Gasteiger partial charge in [0.05, 0.1) is 16.8 Å². The van der Waals surface area contributed by atoms with Crippen molar-refractivity contribution in [1.82, 2.24) is 10.4 Å². The number of nitrogens with zero attached hydrogens (tertiary/aromatic N) is 1. The molecule has 1 aromatic heterocycles. The third kappa shape index (κ3) is 2.95. The first-order chi connectivity index (χ1) is 6.27. The fourth-order valence-electron chi connectivity index (χ4n) is 1.20. The minimum absolute atomic E-state index is 0.127. The van der Waals surface area contributed by atoms with Crippen LogP contribution in [0.1, 0.15) is 31.5 Å². The number of nitrogens with two attached hydrogens (primary N) is 1. The van der Waals surface area contributed by atoms with Gasteiger partial charge in [0.15, 0.2) is 0 Å². The third-order valence-corrected chi connectivity index (χ3v) is 2.11. The highest BCUT2D eigenvalue weighted by molar-refractivity contribution is 6.30. The summed E-state index contributed by atoms with van der Waals surface area (Å²) in [5, 5.41) is 0.649. The first-order valence-electron chi connectivity index (χ1n) is 4.35. The van der Waals surface area contributed by atoms with E-state index in [2.05, 4.69) is 17.3 Å². The molecule has 3 N–H and O–H groups in total. The summed E-state index contributed by atoms with van der Waals surface area (Å²) >= 11 is 5.72. The number of hydrogen-bond acceptors (Lipinski definition) is 3. The lowest BCUT2D eigenvalue weighted by Crippen LogP contribution is -2.28. The third-order valence-electron chi connectivity index (χ3n) is 1.89. The van der Waals surface area contributed by atoms with Crippen molar-refractivity contribution >= 4 is 11.6 Å². The van der Waals surface area contributed by atoms with Crippen molar-refractivity contribution in [3.8, 4) is 0 Å². The zero-order valence-electron chi connectivity index (χ0n) is 7.63. The van der Waals surface area contributed by atoms with Gasteiger partial charge in [-0.3, -0.25) is 16.3 Å². The number of hydrogen-bond donors (Lipinski definition) is 2. The maximum absolute atomic E-state index is 5.72. The molecule has 0 aromatic carbocycles. The van der Waals surface area contributed by atoms with E-state index >= 15 is 0 Å². The van der Waals surface area contributed by atoms with Gasteiger partial charge in [0.25, 0.3) is 0 Å². The van der Waals surface area contributed by atoms with E-state index in [1.165, 1.54) is 0 Å². The lowest BCUT2D eigenvalue weighted by Gasteiger charge is -2.13. The smallest absolute Gasteiger partial charge is 0.0632 e. The molecule has 0 radical (unpaired) electrons. The Kier molecular flexibility index (Phi) is 4.15. The van der Waals surface area contributed by atoms with Gasteiger partial charge >= 0.3 is 0 Å². The van der Waals surface area contributed by atoms with Crippen molar-refractivity contribution in [1.29, 1.82) is 0 Å². The topological polar surface area (TPSA) is 50.9 Å². The molecule has 1 heterocycles. The predicted molar refractivity (Wildman–Crippen MR) is 54.2 cm³/mol. The highest BCUT2D eigenvalue weighted by Gasteiger charge is 2.08. The van der Waals surface area contributed by atoms with E-state index in [1.807, 2.05) is 12.1 Å². The van der Waals surface area contributed by atoms with Crippen LogP contribution in [-0.2, 0) is 0 Å². The van der Waals surface area contributed by atoms with Crippen molar-refractivity contribution < 1.29 is 0 Å². The Morgan fingerprint density at radius 1 is 1.62 bits per heavy atom. The number of hydrazine groups is 1. The number of aromatic nitrogens is 1. The monoisotopic (exact) mass is 199 g/mol. The van der Waals surface area contributed by atoms with Gasteiger partial charge in [0.1, 0.15) is 0 Å². The quantitative estimate of drug-likeness (QED) is 0.577. The van der Waals surface area contributed by atoms with Crippen LogP contribution in [0.25, 0.3) is 0 Å². The van der Waals surface area contributed by atoms with Gasteiger partial charge < -0.3 is 0 Å². The van der Waals surface area contributed by atoms with E-state index in [9.17, 15) is 0 Å². The van der Waals surface area contributed by atoms with Gasteiger partial charge in [-0.25, -0.2) is 0 Å². The van der Waals surface area contributed by atoms with E-state index in [0.717, 1.165) is 18.5 Å². The van der Waals surface area contributed by atoms with Crippen LogP contribution in [0.2, 0.25) is 5.02 Å². The Morgan fingerprint density at radius 3 is 2.85 bits per heavy atom. The molecule has 0 saturated carbocycles. The van der Waals surface area contributed by atoms with Crippen molar-refractivity contribution in [2.45, 2.75) is 25.8 Å². The van der Waals surface area contributed by atoms with Gasteiger partial charge in [-0.1, -0.05) is 24.9 Å². The molecule has 1 aromatic rings.